The Hall–Kier alpha value is -1.69. The van der Waals surface area contributed by atoms with Crippen LogP contribution in [-0.4, -0.2) is 38.8 Å². The van der Waals surface area contributed by atoms with E-state index in [1.54, 1.807) is 6.07 Å². The van der Waals surface area contributed by atoms with Gasteiger partial charge in [-0.15, -0.1) is 0 Å². The lowest BCUT2D eigenvalue weighted by Crippen LogP contribution is -2.19. The van der Waals surface area contributed by atoms with Gasteiger partial charge < -0.3 is 20.3 Å². The average molecular weight is 289 g/mol. The first-order valence-corrected chi connectivity index (χ1v) is 7.26. The van der Waals surface area contributed by atoms with Crippen LogP contribution in [0.2, 0.25) is 0 Å². The highest BCUT2D eigenvalue weighted by molar-refractivity contribution is 6.03. The third-order valence-electron chi connectivity index (χ3n) is 4.17. The molecule has 0 amide bonds. The van der Waals surface area contributed by atoms with Gasteiger partial charge in [-0.3, -0.25) is 4.79 Å². The van der Waals surface area contributed by atoms with E-state index in [2.05, 4.69) is 4.98 Å². The van der Waals surface area contributed by atoms with Crippen LogP contribution in [0.25, 0.3) is 10.9 Å². The van der Waals surface area contributed by atoms with Crippen LogP contribution < -0.4 is 0 Å². The molecule has 112 valence electrons. The molecule has 1 aromatic carbocycles. The lowest BCUT2D eigenvalue weighted by molar-refractivity contribution is 0.00428. The summed E-state index contributed by atoms with van der Waals surface area (Å²) in [6, 6.07) is 5.39. The summed E-state index contributed by atoms with van der Waals surface area (Å²) in [5.74, 6) is 0.134. The van der Waals surface area contributed by atoms with Crippen molar-refractivity contribution in [1.29, 1.82) is 0 Å². The van der Waals surface area contributed by atoms with Gasteiger partial charge in [0.05, 0.1) is 11.8 Å². The number of aliphatic hydroxyl groups is 3. The normalized spacial score (nSPS) is 17.8. The van der Waals surface area contributed by atoms with Gasteiger partial charge in [-0.1, -0.05) is 6.07 Å². The predicted molar refractivity (Wildman–Crippen MR) is 78.2 cm³/mol. The molecule has 0 saturated carbocycles. The van der Waals surface area contributed by atoms with Gasteiger partial charge >= 0.3 is 0 Å². The highest BCUT2D eigenvalue weighted by atomic mass is 16.3. The maximum absolute atomic E-state index is 11.9. The Labute approximate surface area is 122 Å². The van der Waals surface area contributed by atoms with Crippen molar-refractivity contribution in [3.8, 4) is 0 Å². The molecule has 1 heterocycles. The standard InChI is InChI=1S/C16H19NO4/c18-7-6-14(20)16(21)9-4-5-12-11(8-9)10-2-1-3-13(19)15(10)17-12/h4-5,8,14,16-18,20-21H,1-3,6-7H2. The van der Waals surface area contributed by atoms with E-state index in [0.29, 0.717) is 17.7 Å². The third-order valence-corrected chi connectivity index (χ3v) is 4.17. The first-order valence-electron chi connectivity index (χ1n) is 7.26. The fourth-order valence-electron chi connectivity index (χ4n) is 3.01. The molecule has 0 saturated heterocycles. The highest BCUT2D eigenvalue weighted by Crippen LogP contribution is 2.31. The van der Waals surface area contributed by atoms with E-state index in [1.807, 2.05) is 12.1 Å². The molecule has 3 rings (SSSR count). The van der Waals surface area contributed by atoms with Crippen molar-refractivity contribution >= 4 is 16.7 Å². The summed E-state index contributed by atoms with van der Waals surface area (Å²) in [4.78, 5) is 15.1. The van der Waals surface area contributed by atoms with Gasteiger partial charge in [0.15, 0.2) is 5.78 Å². The molecule has 2 aromatic rings. The van der Waals surface area contributed by atoms with Crippen LogP contribution in [0.4, 0.5) is 0 Å². The van der Waals surface area contributed by atoms with Crippen molar-refractivity contribution in [3.05, 3.63) is 35.0 Å². The molecule has 2 atom stereocenters. The number of hydrogen-bond donors (Lipinski definition) is 4. The fourth-order valence-corrected chi connectivity index (χ4v) is 3.01. The van der Waals surface area contributed by atoms with Gasteiger partial charge in [0.2, 0.25) is 0 Å². The molecule has 0 aliphatic heterocycles. The molecule has 4 N–H and O–H groups in total. The number of aryl methyl sites for hydroxylation is 1. The largest absolute Gasteiger partial charge is 0.396 e. The van der Waals surface area contributed by atoms with E-state index in [0.717, 1.165) is 29.3 Å². The summed E-state index contributed by atoms with van der Waals surface area (Å²) >= 11 is 0. The number of nitrogens with one attached hydrogen (secondary N) is 1. The molecule has 1 aliphatic rings. The lowest BCUT2D eigenvalue weighted by atomic mass is 9.93. The zero-order valence-electron chi connectivity index (χ0n) is 11.7. The minimum Gasteiger partial charge on any atom is -0.396 e. The Morgan fingerprint density at radius 3 is 2.81 bits per heavy atom. The minimum absolute atomic E-state index is 0.128. The first kappa shape index (κ1) is 14.3. The molecule has 5 nitrogen and oxygen atoms in total. The number of fused-ring (bicyclic) bond motifs is 3. The smallest absolute Gasteiger partial charge is 0.179 e. The van der Waals surface area contributed by atoms with Crippen LogP contribution in [-0.2, 0) is 6.42 Å². The van der Waals surface area contributed by atoms with E-state index in [4.69, 9.17) is 5.11 Å². The molecule has 1 aliphatic carbocycles. The van der Waals surface area contributed by atoms with Crippen molar-refractivity contribution < 1.29 is 20.1 Å². The van der Waals surface area contributed by atoms with Crippen molar-refractivity contribution in [2.45, 2.75) is 37.9 Å². The minimum atomic E-state index is -1.04. The fraction of sp³-hybridized carbons (Fsp3) is 0.438. The number of rotatable bonds is 4. The molecule has 5 heteroatoms. The molecule has 0 spiro atoms. The van der Waals surface area contributed by atoms with Gasteiger partial charge in [-0.05, 0) is 42.5 Å². The number of aromatic nitrogens is 1. The number of carbonyl (C=O) groups excluding carboxylic acids is 1. The van der Waals surface area contributed by atoms with Crippen LogP contribution in [0.5, 0.6) is 0 Å². The Morgan fingerprint density at radius 2 is 2.05 bits per heavy atom. The maximum atomic E-state index is 11.9. The number of aromatic amines is 1. The Bertz CT molecular complexity index is 676. The second kappa shape index (κ2) is 5.60. The lowest BCUT2D eigenvalue weighted by Gasteiger charge is -2.17. The molecule has 0 radical (unpaired) electrons. The van der Waals surface area contributed by atoms with Crippen LogP contribution in [0.1, 0.15) is 47.0 Å². The summed E-state index contributed by atoms with van der Waals surface area (Å²) in [6.07, 6.45) is 0.363. The van der Waals surface area contributed by atoms with E-state index < -0.39 is 12.2 Å². The summed E-state index contributed by atoms with van der Waals surface area (Å²) in [6.45, 7) is -0.172. The van der Waals surface area contributed by atoms with Gasteiger partial charge in [0, 0.05) is 23.9 Å². The molecule has 0 fully saturated rings. The molecular weight excluding hydrogens is 270 g/mol. The van der Waals surface area contributed by atoms with Crippen LogP contribution in [0, 0.1) is 0 Å². The topological polar surface area (TPSA) is 93.6 Å². The first-order chi connectivity index (χ1) is 10.1. The maximum Gasteiger partial charge on any atom is 0.179 e. The van der Waals surface area contributed by atoms with Gasteiger partial charge in [0.1, 0.15) is 6.10 Å². The number of ketones is 1. The molecule has 0 bridgehead atoms. The SMILES string of the molecule is O=C1CCCc2c1[nH]c1ccc(C(O)C(O)CCO)cc21. The second-order valence-electron chi connectivity index (χ2n) is 5.58. The van der Waals surface area contributed by atoms with E-state index in [1.165, 1.54) is 0 Å². The Kier molecular flexibility index (Phi) is 3.80. The predicted octanol–water partition coefficient (Wildman–Crippen LogP) is 1.46. The zero-order chi connectivity index (χ0) is 15.0. The van der Waals surface area contributed by atoms with Crippen molar-refractivity contribution in [1.82, 2.24) is 4.98 Å². The number of aliphatic hydroxyl groups excluding tert-OH is 3. The van der Waals surface area contributed by atoms with Crippen LogP contribution in [0.3, 0.4) is 0 Å². The molecule has 1 aromatic heterocycles. The number of benzene rings is 1. The summed E-state index contributed by atoms with van der Waals surface area (Å²) in [7, 11) is 0. The number of Topliss-reactive ketones (excluding diaryl/α,β-unsaturated/α-hetero) is 1. The van der Waals surface area contributed by atoms with Gasteiger partial charge in [-0.2, -0.15) is 0 Å². The monoisotopic (exact) mass is 289 g/mol. The molecule has 2 unspecified atom stereocenters. The van der Waals surface area contributed by atoms with Crippen molar-refractivity contribution in [2.24, 2.45) is 0 Å². The van der Waals surface area contributed by atoms with E-state index in [-0.39, 0.29) is 18.8 Å². The second-order valence-corrected chi connectivity index (χ2v) is 5.58. The van der Waals surface area contributed by atoms with Crippen LogP contribution in [0.15, 0.2) is 18.2 Å². The Morgan fingerprint density at radius 1 is 1.24 bits per heavy atom. The van der Waals surface area contributed by atoms with E-state index in [9.17, 15) is 15.0 Å². The zero-order valence-corrected chi connectivity index (χ0v) is 11.7. The van der Waals surface area contributed by atoms with Crippen molar-refractivity contribution in [3.63, 3.8) is 0 Å². The van der Waals surface area contributed by atoms with Crippen LogP contribution >= 0.6 is 0 Å². The molecule has 21 heavy (non-hydrogen) atoms. The van der Waals surface area contributed by atoms with Gasteiger partial charge in [-0.25, -0.2) is 0 Å². The summed E-state index contributed by atoms with van der Waals surface area (Å²) in [5.41, 5.74) is 3.16. The average Bonchev–Trinajstić information content (AvgIpc) is 2.86. The van der Waals surface area contributed by atoms with Gasteiger partial charge in [0.25, 0.3) is 0 Å². The quantitative estimate of drug-likeness (QED) is 0.685. The number of hydrogen-bond acceptors (Lipinski definition) is 4. The summed E-state index contributed by atoms with van der Waals surface area (Å²) in [5, 5.41) is 29.7. The summed E-state index contributed by atoms with van der Waals surface area (Å²) < 4.78 is 0. The molecular formula is C16H19NO4. The highest BCUT2D eigenvalue weighted by Gasteiger charge is 2.23. The number of H-pyrrole nitrogens is 1. The van der Waals surface area contributed by atoms with Crippen molar-refractivity contribution in [2.75, 3.05) is 6.61 Å². The van der Waals surface area contributed by atoms with E-state index >= 15 is 0 Å². The third kappa shape index (κ3) is 2.48. The number of carbonyl (C=O) groups is 1. The Balaban J connectivity index is 2.02.